The van der Waals surface area contributed by atoms with E-state index >= 15 is 0 Å². The highest BCUT2D eigenvalue weighted by Crippen LogP contribution is 2.56. The lowest BCUT2D eigenvalue weighted by atomic mass is 10.1. The fourth-order valence-corrected chi connectivity index (χ4v) is 4.78. The van der Waals surface area contributed by atoms with Crippen LogP contribution in [0.4, 0.5) is 29.3 Å². The molecule has 2 unspecified atom stereocenters. The number of carbonyl (C=O) groups is 3. The zero-order valence-corrected chi connectivity index (χ0v) is 20.9. The fourth-order valence-electron chi connectivity index (χ4n) is 4.78. The summed E-state index contributed by atoms with van der Waals surface area (Å²) in [5.74, 6) is -1.04. The number of rotatable bonds is 7. The molecule has 9 nitrogen and oxygen atoms in total. The average Bonchev–Trinajstić information content (AvgIpc) is 3.53. The molecule has 3 aromatic rings. The number of methoxy groups -OCH3 is 1. The van der Waals surface area contributed by atoms with Gasteiger partial charge in [0.15, 0.2) is 0 Å². The van der Waals surface area contributed by atoms with Crippen molar-refractivity contribution in [2.24, 2.45) is 5.92 Å². The summed E-state index contributed by atoms with van der Waals surface area (Å²) < 4.78 is 46.7. The number of hydrogen-bond acceptors (Lipinski definition) is 6. The molecular weight excluding hydrogens is 517 g/mol. The van der Waals surface area contributed by atoms with Crippen LogP contribution in [0, 0.1) is 5.92 Å². The minimum Gasteiger partial charge on any atom is -0.497 e. The summed E-state index contributed by atoms with van der Waals surface area (Å²) in [5, 5.41) is 2.81. The van der Waals surface area contributed by atoms with Crippen LogP contribution in [0.15, 0.2) is 67.0 Å². The summed E-state index contributed by atoms with van der Waals surface area (Å²) in [4.78, 5) is 46.7. The summed E-state index contributed by atoms with van der Waals surface area (Å²) in [6, 6.07) is 12.4. The average molecular weight is 540 g/mol. The van der Waals surface area contributed by atoms with E-state index in [1.165, 1.54) is 35.5 Å². The maximum Gasteiger partial charge on any atom is 0.573 e. The van der Waals surface area contributed by atoms with Crippen molar-refractivity contribution in [3.63, 3.8) is 0 Å². The van der Waals surface area contributed by atoms with Crippen molar-refractivity contribution in [2.45, 2.75) is 31.8 Å². The molecule has 202 valence electrons. The van der Waals surface area contributed by atoms with Gasteiger partial charge in [0.05, 0.1) is 24.0 Å². The van der Waals surface area contributed by atoms with E-state index in [1.807, 2.05) is 6.92 Å². The number of carbonyl (C=O) groups excluding carboxylic acids is 3. The zero-order valence-electron chi connectivity index (χ0n) is 20.9. The molecule has 1 spiro atoms. The number of benzene rings is 2. The predicted molar refractivity (Wildman–Crippen MR) is 133 cm³/mol. The van der Waals surface area contributed by atoms with Crippen LogP contribution in [0.3, 0.4) is 0 Å². The number of ether oxygens (including phenoxy) is 2. The number of amides is 4. The number of hydrogen-bond donors (Lipinski definition) is 1. The molecule has 0 radical (unpaired) electrons. The van der Waals surface area contributed by atoms with Gasteiger partial charge in [-0.1, -0.05) is 19.1 Å². The second kappa shape index (κ2) is 9.61. The van der Waals surface area contributed by atoms with Gasteiger partial charge >= 0.3 is 12.4 Å². The Bertz CT molecular complexity index is 1430. The molecule has 0 bridgehead atoms. The lowest BCUT2D eigenvalue weighted by molar-refractivity contribution is -0.274. The van der Waals surface area contributed by atoms with Crippen LogP contribution in [0.5, 0.6) is 11.5 Å². The van der Waals surface area contributed by atoms with Crippen LogP contribution in [0.1, 0.15) is 29.3 Å². The van der Waals surface area contributed by atoms with Gasteiger partial charge in [0.2, 0.25) is 0 Å². The molecule has 1 aliphatic heterocycles. The maximum absolute atomic E-state index is 13.7. The third-order valence-electron chi connectivity index (χ3n) is 6.85. The Kier molecular flexibility index (Phi) is 6.41. The van der Waals surface area contributed by atoms with Crippen molar-refractivity contribution in [1.29, 1.82) is 0 Å². The first-order chi connectivity index (χ1) is 18.5. The second-order valence-electron chi connectivity index (χ2n) is 9.25. The van der Waals surface area contributed by atoms with Gasteiger partial charge in [-0.15, -0.1) is 13.2 Å². The lowest BCUT2D eigenvalue weighted by Crippen LogP contribution is -2.40. The number of aromatic nitrogens is 1. The molecule has 1 aliphatic carbocycles. The van der Waals surface area contributed by atoms with Gasteiger partial charge in [0, 0.05) is 18.9 Å². The van der Waals surface area contributed by atoms with Crippen molar-refractivity contribution >= 4 is 29.2 Å². The van der Waals surface area contributed by atoms with Crippen molar-refractivity contribution in [3.05, 3.63) is 78.1 Å². The van der Waals surface area contributed by atoms with Crippen molar-refractivity contribution in [3.8, 4) is 11.5 Å². The standard InChI is InChI=1S/C27H23F3N4O5/c1-16-13-26(16)24(36)33(18-5-9-20(10-6-18)39-27(28,29)30)25(37)34(26)22-11-12-31-15-21(22)23(35)32-14-17-3-7-19(38-2)8-4-17/h3-12,15-16H,13-14H2,1-2H3,(H,32,35). The number of nitrogens with one attached hydrogen (secondary N) is 1. The minimum absolute atomic E-state index is 0.0834. The predicted octanol–water partition coefficient (Wildman–Crippen LogP) is 4.67. The fraction of sp³-hybridized carbons (Fsp3) is 0.259. The van der Waals surface area contributed by atoms with Crippen LogP contribution in [-0.4, -0.2) is 41.8 Å². The number of urea groups is 1. The lowest BCUT2D eigenvalue weighted by Gasteiger charge is -2.24. The Morgan fingerprint density at radius 2 is 1.72 bits per heavy atom. The number of nitrogens with zero attached hydrogens (tertiary/aromatic N) is 3. The topological polar surface area (TPSA) is 101 Å². The Hall–Kier alpha value is -4.61. The first-order valence-electron chi connectivity index (χ1n) is 11.9. The largest absolute Gasteiger partial charge is 0.573 e. The normalized spacial score (nSPS) is 20.4. The SMILES string of the molecule is COc1ccc(CNC(=O)c2cnccc2N2C(=O)N(c3ccc(OC(F)(F)F)cc3)C(=O)C23CC3C)cc1. The molecule has 1 aromatic heterocycles. The molecule has 5 rings (SSSR count). The molecule has 12 heteroatoms. The monoisotopic (exact) mass is 540 g/mol. The van der Waals surface area contributed by atoms with Gasteiger partial charge in [-0.05, 0) is 60.4 Å². The first-order valence-corrected chi connectivity index (χ1v) is 11.9. The van der Waals surface area contributed by atoms with Crippen LogP contribution in [0.2, 0.25) is 0 Å². The van der Waals surface area contributed by atoms with E-state index in [4.69, 9.17) is 4.74 Å². The van der Waals surface area contributed by atoms with Gasteiger partial charge in [-0.3, -0.25) is 19.5 Å². The van der Waals surface area contributed by atoms with Gasteiger partial charge in [0.1, 0.15) is 17.0 Å². The molecule has 1 N–H and O–H groups in total. The zero-order chi connectivity index (χ0) is 27.9. The molecule has 4 amide bonds. The van der Waals surface area contributed by atoms with Crippen molar-refractivity contribution in [1.82, 2.24) is 10.3 Å². The Morgan fingerprint density at radius 3 is 2.31 bits per heavy atom. The smallest absolute Gasteiger partial charge is 0.497 e. The van der Waals surface area contributed by atoms with E-state index < -0.39 is 35.5 Å². The Balaban J connectivity index is 1.42. The van der Waals surface area contributed by atoms with Gasteiger partial charge in [-0.2, -0.15) is 0 Å². The molecule has 39 heavy (non-hydrogen) atoms. The van der Waals surface area contributed by atoms with E-state index in [9.17, 15) is 27.6 Å². The Labute approximate surface area is 221 Å². The Morgan fingerprint density at radius 1 is 1.08 bits per heavy atom. The molecular formula is C27H23F3N4O5. The van der Waals surface area contributed by atoms with Crippen LogP contribution < -0.4 is 24.6 Å². The van der Waals surface area contributed by atoms with E-state index in [2.05, 4.69) is 15.0 Å². The van der Waals surface area contributed by atoms with Crippen molar-refractivity contribution in [2.75, 3.05) is 16.9 Å². The van der Waals surface area contributed by atoms with E-state index in [1.54, 1.807) is 31.4 Å². The minimum atomic E-state index is -4.88. The quantitative estimate of drug-likeness (QED) is 0.437. The molecule has 2 fully saturated rings. The first kappa shape index (κ1) is 26.0. The number of pyridine rings is 1. The van der Waals surface area contributed by atoms with Crippen LogP contribution >= 0.6 is 0 Å². The molecule has 2 aromatic carbocycles. The highest BCUT2D eigenvalue weighted by Gasteiger charge is 2.71. The number of alkyl halides is 3. The second-order valence-corrected chi connectivity index (χ2v) is 9.25. The van der Waals surface area contributed by atoms with E-state index in [-0.39, 0.29) is 29.4 Å². The third-order valence-corrected chi connectivity index (χ3v) is 6.85. The summed E-state index contributed by atoms with van der Waals surface area (Å²) in [6.45, 7) is 2.01. The maximum atomic E-state index is 13.7. The van der Waals surface area contributed by atoms with Crippen molar-refractivity contribution < 1.29 is 37.0 Å². The highest BCUT2D eigenvalue weighted by molar-refractivity contribution is 6.32. The van der Waals surface area contributed by atoms with Gasteiger partial charge in [0.25, 0.3) is 11.8 Å². The van der Waals surface area contributed by atoms with Crippen LogP contribution in [-0.2, 0) is 11.3 Å². The van der Waals surface area contributed by atoms with Gasteiger partial charge in [-0.25, -0.2) is 9.69 Å². The van der Waals surface area contributed by atoms with Gasteiger partial charge < -0.3 is 14.8 Å². The number of imide groups is 1. The summed E-state index contributed by atoms with van der Waals surface area (Å²) in [5.41, 5.74) is -0.00993. The summed E-state index contributed by atoms with van der Waals surface area (Å²) >= 11 is 0. The number of anilines is 2. The third kappa shape index (κ3) is 4.73. The van der Waals surface area contributed by atoms with E-state index in [0.29, 0.717) is 12.2 Å². The molecule has 2 atom stereocenters. The summed E-state index contributed by atoms with van der Waals surface area (Å²) in [7, 11) is 1.55. The van der Waals surface area contributed by atoms with E-state index in [0.717, 1.165) is 22.6 Å². The highest BCUT2D eigenvalue weighted by atomic mass is 19.4. The summed E-state index contributed by atoms with van der Waals surface area (Å²) in [6.07, 6.45) is -1.78. The van der Waals surface area contributed by atoms with Crippen LogP contribution in [0.25, 0.3) is 0 Å². The molecule has 2 heterocycles. The molecule has 1 saturated heterocycles. The molecule has 1 saturated carbocycles. The number of halogens is 3. The molecule has 2 aliphatic rings.